The summed E-state index contributed by atoms with van der Waals surface area (Å²) in [6.07, 6.45) is 17.9. The van der Waals surface area contributed by atoms with Crippen LogP contribution in [-0.2, 0) is 27.8 Å². The van der Waals surface area contributed by atoms with Crippen molar-refractivity contribution >= 4 is 19.2 Å². The maximum atomic E-state index is 14.4. The quantitative estimate of drug-likeness (QED) is 0.0574. The van der Waals surface area contributed by atoms with Crippen molar-refractivity contribution in [2.45, 2.75) is 166 Å². The van der Waals surface area contributed by atoms with E-state index in [0.29, 0.717) is 17.6 Å². The molecular formula is C42H60FN6O8P. The van der Waals surface area contributed by atoms with Crippen LogP contribution in [0.25, 0.3) is 5.52 Å². The predicted octanol–water partition coefficient (Wildman–Crippen LogP) is 9.41. The molecule has 4 heterocycles. The second-order valence-corrected chi connectivity index (χ2v) is 17.3. The first-order valence-corrected chi connectivity index (χ1v) is 22.4. The lowest BCUT2D eigenvalue weighted by Gasteiger charge is -2.29. The molecule has 0 spiro atoms. The summed E-state index contributed by atoms with van der Waals surface area (Å²) in [5.41, 5.74) is 5.07. The number of phosphoric acid groups is 1. The molecule has 0 bridgehead atoms. The number of nitrogens with two attached hydrogens (primary N) is 1. The van der Waals surface area contributed by atoms with Gasteiger partial charge in [0.2, 0.25) is 5.60 Å². The van der Waals surface area contributed by atoms with Gasteiger partial charge in [-0.15, -0.1) is 0 Å². The Hall–Kier alpha value is -3.66. The molecule has 318 valence electrons. The molecule has 1 aromatic carbocycles. The van der Waals surface area contributed by atoms with E-state index in [-0.39, 0.29) is 23.7 Å². The van der Waals surface area contributed by atoms with E-state index in [1.807, 2.05) is 0 Å². The molecule has 0 aliphatic carbocycles. The van der Waals surface area contributed by atoms with Crippen LogP contribution in [0.2, 0.25) is 0 Å². The number of rotatable bonds is 26. The predicted molar refractivity (Wildman–Crippen MR) is 215 cm³/mol. The summed E-state index contributed by atoms with van der Waals surface area (Å²) in [6.45, 7) is 4.58. The van der Waals surface area contributed by atoms with Gasteiger partial charge in [0.15, 0.2) is 11.6 Å². The fourth-order valence-corrected chi connectivity index (χ4v) is 8.51. The largest absolute Gasteiger partial charge is 0.488 e. The highest BCUT2D eigenvalue weighted by molar-refractivity contribution is 7.47. The van der Waals surface area contributed by atoms with E-state index in [4.69, 9.17) is 39.0 Å². The smallest absolute Gasteiger partial charge is 0.472 e. The molecular weight excluding hydrogens is 766 g/mol. The van der Waals surface area contributed by atoms with Crippen molar-refractivity contribution in [3.05, 3.63) is 53.7 Å². The van der Waals surface area contributed by atoms with Crippen LogP contribution in [0.4, 0.5) is 10.2 Å². The average molecular weight is 827 g/mol. The summed E-state index contributed by atoms with van der Waals surface area (Å²) in [5.74, 6) is -1.45. The van der Waals surface area contributed by atoms with Gasteiger partial charge < -0.3 is 29.6 Å². The zero-order valence-electron chi connectivity index (χ0n) is 34.2. The maximum Gasteiger partial charge on any atom is 0.472 e. The minimum atomic E-state index is -4.82. The van der Waals surface area contributed by atoms with Gasteiger partial charge in [-0.3, -0.25) is 9.05 Å². The summed E-state index contributed by atoms with van der Waals surface area (Å²) in [7, 11) is -4.82. The van der Waals surface area contributed by atoms with Gasteiger partial charge in [-0.25, -0.2) is 18.5 Å². The van der Waals surface area contributed by atoms with Crippen LogP contribution in [0.15, 0.2) is 36.7 Å². The topological polar surface area (TPSA) is 196 Å². The zero-order chi connectivity index (χ0) is 41.6. The number of nitrogen functional groups attached to an aromatic ring is 1. The van der Waals surface area contributed by atoms with Crippen LogP contribution in [0.5, 0.6) is 5.75 Å². The minimum absolute atomic E-state index is 0.126. The highest BCUT2D eigenvalue weighted by Crippen LogP contribution is 2.52. The van der Waals surface area contributed by atoms with Crippen molar-refractivity contribution in [1.82, 2.24) is 14.6 Å². The second-order valence-electron chi connectivity index (χ2n) is 15.9. The Morgan fingerprint density at radius 1 is 0.931 bits per heavy atom. The standard InChI is InChI=1S/C42H60FN6O8P/c1-4-5-6-7-8-9-10-11-12-13-14-15-16-17-18-19-20-33(54-32-22-21-31(26-44)34(43)25-32)27-52-58(50,51)53-29-42(28-45)39-38(55-41(2,3)57-39)37(56-42)35-23-24-36-40(46)47-30-48-49(35)36/h21-25,30,33,37-39H,4-20,27,29H2,1-3H3,(H,50,51)(H2,46,47,48)/t33-,37+,38+,39+,42-/m1/s1. The van der Waals surface area contributed by atoms with Gasteiger partial charge >= 0.3 is 7.82 Å². The lowest BCUT2D eigenvalue weighted by molar-refractivity contribution is -0.204. The first-order chi connectivity index (χ1) is 27.9. The van der Waals surface area contributed by atoms with Crippen molar-refractivity contribution in [3.63, 3.8) is 0 Å². The van der Waals surface area contributed by atoms with Crippen LogP contribution in [0.3, 0.4) is 0 Å². The molecule has 2 saturated heterocycles. The first-order valence-electron chi connectivity index (χ1n) is 20.9. The van der Waals surface area contributed by atoms with Crippen LogP contribution < -0.4 is 10.5 Å². The second kappa shape index (κ2) is 21.6. The van der Waals surface area contributed by atoms with Crippen molar-refractivity contribution < 1.29 is 41.8 Å². The van der Waals surface area contributed by atoms with Crippen LogP contribution in [-0.4, -0.2) is 62.4 Å². The third-order valence-corrected chi connectivity index (χ3v) is 11.8. The summed E-state index contributed by atoms with van der Waals surface area (Å²) in [5, 5.41) is 23.9. The molecule has 16 heteroatoms. The van der Waals surface area contributed by atoms with Gasteiger partial charge in [0.05, 0.1) is 17.9 Å². The monoisotopic (exact) mass is 826 g/mol. The Labute approximate surface area is 341 Å². The van der Waals surface area contributed by atoms with Crippen molar-refractivity contribution in [1.29, 1.82) is 10.5 Å². The highest BCUT2D eigenvalue weighted by Gasteiger charge is 2.65. The van der Waals surface area contributed by atoms with Crippen molar-refractivity contribution in [2.24, 2.45) is 0 Å². The number of hydrogen-bond donors (Lipinski definition) is 2. The lowest BCUT2D eigenvalue weighted by Crippen LogP contribution is -2.45. The molecule has 6 atom stereocenters. The lowest BCUT2D eigenvalue weighted by atomic mass is 9.96. The summed E-state index contributed by atoms with van der Waals surface area (Å²) < 4.78 is 64.8. The van der Waals surface area contributed by atoms with Gasteiger partial charge in [0.1, 0.15) is 66.6 Å². The minimum Gasteiger partial charge on any atom is -0.488 e. The fourth-order valence-electron chi connectivity index (χ4n) is 7.73. The number of phosphoric ester groups is 1. The number of ether oxygens (including phenoxy) is 4. The number of halogens is 1. The SMILES string of the molecule is CCCCCCCCCCCCCCCCCC[C@H](COP(=O)(O)OC[C@@]1(C#N)O[C@@H](c2ccc3c(N)ncnn23)[C@@H]2OC(C)(C)O[C@@H]21)Oc1ccc(C#N)c(F)c1. The molecule has 3 aromatic rings. The molecule has 0 amide bonds. The number of nitriles is 2. The molecule has 3 N–H and O–H groups in total. The molecule has 58 heavy (non-hydrogen) atoms. The summed E-state index contributed by atoms with van der Waals surface area (Å²) in [4.78, 5) is 14.9. The van der Waals surface area contributed by atoms with E-state index < -0.39 is 56.1 Å². The van der Waals surface area contributed by atoms with Gasteiger partial charge in [-0.2, -0.15) is 15.6 Å². The van der Waals surface area contributed by atoms with E-state index in [1.54, 1.807) is 32.0 Å². The zero-order valence-corrected chi connectivity index (χ0v) is 35.0. The number of fused-ring (bicyclic) bond motifs is 2. The van der Waals surface area contributed by atoms with Gasteiger partial charge in [0.25, 0.3) is 0 Å². The molecule has 2 aliphatic rings. The van der Waals surface area contributed by atoms with Crippen molar-refractivity contribution in [2.75, 3.05) is 18.9 Å². The molecule has 2 aromatic heterocycles. The third-order valence-electron chi connectivity index (χ3n) is 10.8. The van der Waals surface area contributed by atoms with Crippen molar-refractivity contribution in [3.8, 4) is 17.9 Å². The molecule has 5 rings (SSSR count). The van der Waals surface area contributed by atoms with E-state index >= 15 is 0 Å². The number of nitrogens with zero attached hydrogens (tertiary/aromatic N) is 5. The molecule has 2 fully saturated rings. The molecule has 14 nitrogen and oxygen atoms in total. The maximum absolute atomic E-state index is 14.4. The van der Waals surface area contributed by atoms with E-state index in [9.17, 15) is 19.1 Å². The Bertz CT molecular complexity index is 1900. The molecule has 2 aliphatic heterocycles. The molecule has 1 unspecified atom stereocenters. The van der Waals surface area contributed by atoms with E-state index in [2.05, 4.69) is 23.1 Å². The third kappa shape index (κ3) is 12.4. The number of hydrogen-bond acceptors (Lipinski definition) is 12. The highest BCUT2D eigenvalue weighted by atomic mass is 31.2. The summed E-state index contributed by atoms with van der Waals surface area (Å²) >= 11 is 0. The van der Waals surface area contributed by atoms with Crippen LogP contribution in [0.1, 0.15) is 147 Å². The summed E-state index contributed by atoms with van der Waals surface area (Å²) in [6, 6.07) is 11.2. The Balaban J connectivity index is 1.12. The van der Waals surface area contributed by atoms with Crippen LogP contribution in [0, 0.1) is 28.5 Å². The molecule has 0 saturated carbocycles. The average Bonchev–Trinajstić information content (AvgIpc) is 3.86. The van der Waals surface area contributed by atoms with E-state index in [0.717, 1.165) is 31.7 Å². The van der Waals surface area contributed by atoms with Gasteiger partial charge in [0, 0.05) is 6.07 Å². The molecule has 0 radical (unpaired) electrons. The Morgan fingerprint density at radius 2 is 1.57 bits per heavy atom. The van der Waals surface area contributed by atoms with Crippen LogP contribution >= 0.6 is 7.82 Å². The van der Waals surface area contributed by atoms with Gasteiger partial charge in [-0.05, 0) is 51.0 Å². The van der Waals surface area contributed by atoms with Gasteiger partial charge in [-0.1, -0.05) is 103 Å². The number of aromatic nitrogens is 3. The number of unbranched alkanes of at least 4 members (excludes halogenated alkanes) is 15. The Kier molecular flexibility index (Phi) is 16.9. The normalized spacial score (nSPS) is 22.6. The fraction of sp³-hybridized carbons (Fsp3) is 0.667. The number of anilines is 1. The van der Waals surface area contributed by atoms with E-state index in [1.165, 1.54) is 100 Å². The number of benzene rings is 1. The first kappa shape index (κ1) is 45.4. The Morgan fingerprint density at radius 3 is 2.17 bits per heavy atom.